The highest BCUT2D eigenvalue weighted by atomic mass is 16.5. The number of carbonyl (C=O) groups excluding carboxylic acids is 2. The van der Waals surface area contributed by atoms with E-state index in [0.717, 1.165) is 17.5 Å². The summed E-state index contributed by atoms with van der Waals surface area (Å²) in [5, 5.41) is 7.27. The number of amides is 1. The van der Waals surface area contributed by atoms with E-state index >= 15 is 0 Å². The first-order valence-corrected chi connectivity index (χ1v) is 10.8. The van der Waals surface area contributed by atoms with Crippen LogP contribution >= 0.6 is 0 Å². The number of hydrogen-bond acceptors (Lipinski definition) is 6. The van der Waals surface area contributed by atoms with Crippen LogP contribution in [0.25, 0.3) is 22.4 Å². The second-order valence-corrected chi connectivity index (χ2v) is 7.83. The summed E-state index contributed by atoms with van der Waals surface area (Å²) in [5.41, 5.74) is 4.62. The van der Waals surface area contributed by atoms with Gasteiger partial charge in [-0.15, -0.1) is 0 Å². The van der Waals surface area contributed by atoms with Gasteiger partial charge in [0.25, 0.3) is 11.6 Å². The Labute approximate surface area is 191 Å². The van der Waals surface area contributed by atoms with Crippen LogP contribution in [0.5, 0.6) is 0 Å². The minimum atomic E-state index is -0.638. The first kappa shape index (κ1) is 22.2. The van der Waals surface area contributed by atoms with Gasteiger partial charge in [0.15, 0.2) is 6.61 Å². The van der Waals surface area contributed by atoms with E-state index in [1.165, 1.54) is 5.56 Å². The van der Waals surface area contributed by atoms with E-state index in [1.54, 1.807) is 13.0 Å². The van der Waals surface area contributed by atoms with Crippen LogP contribution in [-0.4, -0.2) is 28.6 Å². The molecule has 1 N–H and O–H groups in total. The van der Waals surface area contributed by atoms with Crippen LogP contribution in [0, 0.1) is 6.92 Å². The summed E-state index contributed by atoms with van der Waals surface area (Å²) in [7, 11) is 0. The van der Waals surface area contributed by atoms with E-state index in [9.17, 15) is 9.59 Å². The summed E-state index contributed by atoms with van der Waals surface area (Å²) in [5.74, 6) is -1.02. The first-order valence-electron chi connectivity index (χ1n) is 10.8. The van der Waals surface area contributed by atoms with E-state index in [2.05, 4.69) is 22.4 Å². The molecule has 0 fully saturated rings. The predicted molar refractivity (Wildman–Crippen MR) is 125 cm³/mol. The highest BCUT2D eigenvalue weighted by molar-refractivity contribution is 6.04. The van der Waals surface area contributed by atoms with Crippen LogP contribution in [0.2, 0.25) is 0 Å². The van der Waals surface area contributed by atoms with Gasteiger partial charge in [0.2, 0.25) is 0 Å². The van der Waals surface area contributed by atoms with Crippen LogP contribution in [0.15, 0.2) is 65.2 Å². The van der Waals surface area contributed by atoms with E-state index in [4.69, 9.17) is 9.26 Å². The number of carbonyl (C=O) groups is 2. The fourth-order valence-corrected chi connectivity index (χ4v) is 3.63. The normalized spacial score (nSPS) is 11.8. The lowest BCUT2D eigenvalue weighted by Crippen LogP contribution is -2.31. The average molecular weight is 444 g/mol. The van der Waals surface area contributed by atoms with Crippen molar-refractivity contribution in [2.75, 3.05) is 6.61 Å². The van der Waals surface area contributed by atoms with E-state index < -0.39 is 12.6 Å². The van der Waals surface area contributed by atoms with Gasteiger partial charge in [-0.3, -0.25) is 4.79 Å². The molecule has 1 unspecified atom stereocenters. The minimum Gasteiger partial charge on any atom is -0.452 e. The lowest BCUT2D eigenvalue weighted by Gasteiger charge is -2.15. The fraction of sp³-hybridized carbons (Fsp3) is 0.231. The topological polar surface area (TPSA) is 94.3 Å². The minimum absolute atomic E-state index is 0.209. The zero-order valence-electron chi connectivity index (χ0n) is 18.8. The molecule has 0 aliphatic rings. The van der Waals surface area contributed by atoms with E-state index in [1.807, 2.05) is 61.5 Å². The molecule has 0 spiro atoms. The predicted octanol–water partition coefficient (Wildman–Crippen LogP) is 4.79. The maximum atomic E-state index is 12.9. The van der Waals surface area contributed by atoms with Gasteiger partial charge < -0.3 is 14.6 Å². The van der Waals surface area contributed by atoms with Crippen molar-refractivity contribution in [3.63, 3.8) is 0 Å². The molecule has 1 atom stereocenters. The zero-order valence-corrected chi connectivity index (χ0v) is 18.8. The quantitative estimate of drug-likeness (QED) is 0.413. The smallest absolute Gasteiger partial charge is 0.339 e. The number of aryl methyl sites for hydroxylation is 2. The molecule has 7 heteroatoms. The maximum absolute atomic E-state index is 12.9. The number of esters is 1. The molecule has 0 saturated heterocycles. The van der Waals surface area contributed by atoms with Gasteiger partial charge in [-0.2, -0.15) is 0 Å². The molecule has 4 aromatic rings. The first-order chi connectivity index (χ1) is 16.0. The summed E-state index contributed by atoms with van der Waals surface area (Å²) in [6, 6.07) is 18.9. The Kier molecular flexibility index (Phi) is 6.49. The van der Waals surface area contributed by atoms with Gasteiger partial charge in [-0.1, -0.05) is 66.7 Å². The molecular formula is C26H25N3O4. The Morgan fingerprint density at radius 1 is 1.09 bits per heavy atom. The van der Waals surface area contributed by atoms with Crippen LogP contribution in [-0.2, 0) is 16.0 Å². The number of pyridine rings is 1. The van der Waals surface area contributed by atoms with Gasteiger partial charge in [0.1, 0.15) is 0 Å². The Morgan fingerprint density at radius 2 is 1.82 bits per heavy atom. The number of nitrogens with zero attached hydrogens (tertiary/aromatic N) is 2. The summed E-state index contributed by atoms with van der Waals surface area (Å²) in [4.78, 5) is 29.8. The van der Waals surface area contributed by atoms with Crippen molar-refractivity contribution >= 4 is 23.0 Å². The Hall–Kier alpha value is -4.00. The van der Waals surface area contributed by atoms with Gasteiger partial charge >= 0.3 is 5.97 Å². The van der Waals surface area contributed by atoms with Crippen LogP contribution in [0.3, 0.4) is 0 Å². The van der Waals surface area contributed by atoms with Crippen molar-refractivity contribution in [1.29, 1.82) is 0 Å². The van der Waals surface area contributed by atoms with Gasteiger partial charge in [0.05, 0.1) is 28.4 Å². The lowest BCUT2D eigenvalue weighted by molar-refractivity contribution is -0.124. The standard InChI is InChI=1S/C26H25N3O4/c1-4-18-10-12-19(13-11-18)16(2)27-23(30)15-32-26(31)21-14-22(20-8-6-5-7-9-20)28-25-24(21)17(3)29-33-25/h5-14,16H,4,15H2,1-3H3,(H,27,30). The Morgan fingerprint density at radius 3 is 2.52 bits per heavy atom. The fourth-order valence-electron chi connectivity index (χ4n) is 3.63. The molecule has 0 bridgehead atoms. The third-order valence-corrected chi connectivity index (χ3v) is 5.51. The number of benzene rings is 2. The molecule has 168 valence electrons. The number of fused-ring (bicyclic) bond motifs is 1. The molecule has 0 aliphatic carbocycles. The third kappa shape index (κ3) is 4.92. The number of rotatable bonds is 7. The SMILES string of the molecule is CCc1ccc(C(C)NC(=O)COC(=O)c2cc(-c3ccccc3)nc3onc(C)c23)cc1. The highest BCUT2D eigenvalue weighted by Gasteiger charge is 2.21. The number of ether oxygens (including phenoxy) is 1. The largest absolute Gasteiger partial charge is 0.452 e. The molecule has 2 aromatic carbocycles. The molecular weight excluding hydrogens is 418 g/mol. The van der Waals surface area contributed by atoms with E-state index in [-0.39, 0.29) is 23.2 Å². The third-order valence-electron chi connectivity index (χ3n) is 5.51. The van der Waals surface area contributed by atoms with Crippen molar-refractivity contribution in [2.45, 2.75) is 33.2 Å². The summed E-state index contributed by atoms with van der Waals surface area (Å²) in [6.45, 7) is 5.31. The molecule has 0 radical (unpaired) electrons. The van der Waals surface area contributed by atoms with Crippen molar-refractivity contribution in [3.8, 4) is 11.3 Å². The molecule has 0 saturated carbocycles. The molecule has 1 amide bonds. The zero-order chi connectivity index (χ0) is 23.4. The number of nitrogens with one attached hydrogen (secondary N) is 1. The second kappa shape index (κ2) is 9.65. The number of aromatic nitrogens is 2. The number of hydrogen-bond donors (Lipinski definition) is 1. The van der Waals surface area contributed by atoms with Gasteiger partial charge in [0, 0.05) is 5.56 Å². The Balaban J connectivity index is 1.48. The van der Waals surface area contributed by atoms with Gasteiger partial charge in [-0.25, -0.2) is 9.78 Å². The van der Waals surface area contributed by atoms with Crippen LogP contribution in [0.1, 0.15) is 47.1 Å². The van der Waals surface area contributed by atoms with Crippen LogP contribution < -0.4 is 5.32 Å². The van der Waals surface area contributed by atoms with E-state index in [0.29, 0.717) is 16.8 Å². The van der Waals surface area contributed by atoms with Crippen molar-refractivity contribution in [3.05, 3.63) is 83.0 Å². The monoisotopic (exact) mass is 443 g/mol. The second-order valence-electron chi connectivity index (χ2n) is 7.83. The van der Waals surface area contributed by atoms with Crippen molar-refractivity contribution in [2.24, 2.45) is 0 Å². The van der Waals surface area contributed by atoms with Gasteiger partial charge in [-0.05, 0) is 37.5 Å². The summed E-state index contributed by atoms with van der Waals surface area (Å²) in [6.07, 6.45) is 0.955. The van der Waals surface area contributed by atoms with Crippen molar-refractivity contribution < 1.29 is 18.8 Å². The van der Waals surface area contributed by atoms with Crippen molar-refractivity contribution in [1.82, 2.24) is 15.5 Å². The molecule has 33 heavy (non-hydrogen) atoms. The maximum Gasteiger partial charge on any atom is 0.339 e. The molecule has 2 heterocycles. The molecule has 4 rings (SSSR count). The summed E-state index contributed by atoms with van der Waals surface area (Å²) < 4.78 is 10.6. The summed E-state index contributed by atoms with van der Waals surface area (Å²) >= 11 is 0. The lowest BCUT2D eigenvalue weighted by atomic mass is 10.1. The highest BCUT2D eigenvalue weighted by Crippen LogP contribution is 2.27. The average Bonchev–Trinajstić information content (AvgIpc) is 3.23. The Bertz CT molecular complexity index is 1280. The van der Waals surface area contributed by atoms with Crippen LogP contribution in [0.4, 0.5) is 0 Å². The molecule has 0 aliphatic heterocycles. The molecule has 2 aromatic heterocycles. The molecule has 7 nitrogen and oxygen atoms in total.